The van der Waals surface area contributed by atoms with Crippen LogP contribution in [0.15, 0.2) is 40.8 Å². The predicted octanol–water partition coefficient (Wildman–Crippen LogP) is 2.74. The number of nitrogens with zero attached hydrogens (tertiary/aromatic N) is 1. The van der Waals surface area contributed by atoms with Crippen molar-refractivity contribution in [1.29, 1.82) is 0 Å². The Morgan fingerprint density at radius 1 is 1.33 bits per heavy atom. The molecule has 0 aliphatic rings. The maximum atomic E-state index is 10.5. The molecule has 1 heterocycles. The van der Waals surface area contributed by atoms with E-state index >= 15 is 0 Å². The van der Waals surface area contributed by atoms with E-state index in [4.69, 9.17) is 10.2 Å². The van der Waals surface area contributed by atoms with Crippen LogP contribution in [0, 0.1) is 17.0 Å². The van der Waals surface area contributed by atoms with Crippen molar-refractivity contribution < 1.29 is 9.34 Å². The smallest absolute Gasteiger partial charge is 0.404 e. The number of nitrogens with two attached hydrogens (primary N) is 1. The third-order valence-corrected chi connectivity index (χ3v) is 2.86. The summed E-state index contributed by atoms with van der Waals surface area (Å²) >= 11 is 0. The maximum Gasteiger partial charge on any atom is 0.433 e. The van der Waals surface area contributed by atoms with Gasteiger partial charge in [-0.1, -0.05) is 24.3 Å². The molecule has 0 radical (unpaired) electrons. The summed E-state index contributed by atoms with van der Waals surface area (Å²) in [5.41, 5.74) is 8.26. The van der Waals surface area contributed by atoms with Crippen LogP contribution in [0.4, 0.5) is 5.88 Å². The maximum absolute atomic E-state index is 10.5. The molecule has 2 aromatic rings. The molecule has 5 nitrogen and oxygen atoms in total. The molecule has 0 aliphatic heterocycles. The first-order valence-electron chi connectivity index (χ1n) is 5.62. The summed E-state index contributed by atoms with van der Waals surface area (Å²) in [5, 5.41) is 10.5. The Balaban J connectivity index is 2.14. The quantitative estimate of drug-likeness (QED) is 0.664. The lowest BCUT2D eigenvalue weighted by Crippen LogP contribution is -2.13. The number of furan rings is 1. The van der Waals surface area contributed by atoms with Crippen molar-refractivity contribution in [2.24, 2.45) is 5.73 Å². The van der Waals surface area contributed by atoms with Crippen LogP contribution in [-0.4, -0.2) is 4.92 Å². The summed E-state index contributed by atoms with van der Waals surface area (Å²) in [6, 6.07) is 10.4. The van der Waals surface area contributed by atoms with Crippen molar-refractivity contribution in [2.75, 3.05) is 0 Å². The van der Waals surface area contributed by atoms with Gasteiger partial charge in [0, 0.05) is 0 Å². The van der Waals surface area contributed by atoms with Crippen LogP contribution in [0.2, 0.25) is 0 Å². The highest BCUT2D eigenvalue weighted by molar-refractivity contribution is 5.28. The molecule has 0 fully saturated rings. The summed E-state index contributed by atoms with van der Waals surface area (Å²) in [6.45, 7) is 2.01. The van der Waals surface area contributed by atoms with E-state index in [9.17, 15) is 10.1 Å². The molecule has 0 amide bonds. The number of rotatable bonds is 4. The van der Waals surface area contributed by atoms with E-state index in [1.165, 1.54) is 6.07 Å². The Kier molecular flexibility index (Phi) is 3.43. The van der Waals surface area contributed by atoms with Crippen LogP contribution in [0.5, 0.6) is 0 Å². The van der Waals surface area contributed by atoms with Crippen LogP contribution in [-0.2, 0) is 6.42 Å². The summed E-state index contributed by atoms with van der Waals surface area (Å²) in [4.78, 5) is 9.95. The molecule has 2 rings (SSSR count). The van der Waals surface area contributed by atoms with Crippen molar-refractivity contribution in [3.05, 3.63) is 63.4 Å². The standard InChI is InChI=1S/C13H14N2O3/c1-9-4-2-3-5-10(9)8-11(14)12-6-7-13(18-12)15(16)17/h2-7,11H,8,14H2,1H3. The van der Waals surface area contributed by atoms with Crippen molar-refractivity contribution in [2.45, 2.75) is 19.4 Å². The molecule has 0 saturated heterocycles. The Hall–Kier alpha value is -2.14. The Labute approximate surface area is 104 Å². The van der Waals surface area contributed by atoms with Crippen LogP contribution < -0.4 is 5.73 Å². The fraction of sp³-hybridized carbons (Fsp3) is 0.231. The van der Waals surface area contributed by atoms with Crippen molar-refractivity contribution in [1.82, 2.24) is 0 Å². The SMILES string of the molecule is Cc1ccccc1CC(N)c1ccc([N+](=O)[O-])o1. The lowest BCUT2D eigenvalue weighted by molar-refractivity contribution is -0.402. The minimum Gasteiger partial charge on any atom is -0.404 e. The minimum atomic E-state index is -0.565. The topological polar surface area (TPSA) is 82.3 Å². The van der Waals surface area contributed by atoms with E-state index in [0.717, 1.165) is 11.1 Å². The third-order valence-electron chi connectivity index (χ3n) is 2.86. The van der Waals surface area contributed by atoms with Gasteiger partial charge in [-0.25, -0.2) is 0 Å². The van der Waals surface area contributed by atoms with Gasteiger partial charge in [0.2, 0.25) is 0 Å². The summed E-state index contributed by atoms with van der Waals surface area (Å²) in [5.74, 6) is 0.162. The molecule has 5 heteroatoms. The second-order valence-electron chi connectivity index (χ2n) is 4.17. The van der Waals surface area contributed by atoms with E-state index in [-0.39, 0.29) is 11.9 Å². The van der Waals surface area contributed by atoms with Gasteiger partial charge in [-0.05, 0) is 30.5 Å². The molecule has 0 aliphatic carbocycles. The molecule has 0 spiro atoms. The van der Waals surface area contributed by atoms with Gasteiger partial charge >= 0.3 is 5.88 Å². The number of hydrogen-bond acceptors (Lipinski definition) is 4. The van der Waals surface area contributed by atoms with Crippen molar-refractivity contribution in [3.63, 3.8) is 0 Å². The van der Waals surface area contributed by atoms with Gasteiger partial charge < -0.3 is 10.2 Å². The molecule has 0 bridgehead atoms. The first kappa shape index (κ1) is 12.3. The second kappa shape index (κ2) is 5.01. The normalized spacial score (nSPS) is 12.3. The minimum absolute atomic E-state index is 0.273. The first-order chi connectivity index (χ1) is 8.58. The monoisotopic (exact) mass is 246 g/mol. The molecule has 0 saturated carbocycles. The van der Waals surface area contributed by atoms with Gasteiger partial charge in [0.05, 0.1) is 12.1 Å². The fourth-order valence-electron chi connectivity index (χ4n) is 1.82. The molecule has 94 valence electrons. The molecule has 1 atom stereocenters. The fourth-order valence-corrected chi connectivity index (χ4v) is 1.82. The number of benzene rings is 1. The highest BCUT2D eigenvalue weighted by Crippen LogP contribution is 2.23. The average Bonchev–Trinajstić information content (AvgIpc) is 2.81. The van der Waals surface area contributed by atoms with E-state index < -0.39 is 4.92 Å². The van der Waals surface area contributed by atoms with E-state index in [1.54, 1.807) is 6.07 Å². The van der Waals surface area contributed by atoms with Crippen LogP contribution >= 0.6 is 0 Å². The summed E-state index contributed by atoms with van der Waals surface area (Å²) < 4.78 is 5.09. The van der Waals surface area contributed by atoms with Crippen LogP contribution in [0.1, 0.15) is 22.9 Å². The molecule has 18 heavy (non-hydrogen) atoms. The van der Waals surface area contributed by atoms with Crippen molar-refractivity contribution in [3.8, 4) is 0 Å². The second-order valence-corrected chi connectivity index (χ2v) is 4.17. The Morgan fingerprint density at radius 3 is 2.67 bits per heavy atom. The zero-order chi connectivity index (χ0) is 13.1. The Bertz CT molecular complexity index is 563. The highest BCUT2D eigenvalue weighted by Gasteiger charge is 2.17. The molecular weight excluding hydrogens is 232 g/mol. The van der Waals surface area contributed by atoms with Gasteiger partial charge in [0.25, 0.3) is 0 Å². The zero-order valence-electron chi connectivity index (χ0n) is 10.00. The molecular formula is C13H14N2O3. The molecule has 2 N–H and O–H groups in total. The third kappa shape index (κ3) is 2.57. The van der Waals surface area contributed by atoms with Crippen LogP contribution in [0.3, 0.4) is 0 Å². The zero-order valence-corrected chi connectivity index (χ0v) is 10.00. The van der Waals surface area contributed by atoms with Gasteiger partial charge in [-0.3, -0.25) is 10.1 Å². The lowest BCUT2D eigenvalue weighted by Gasteiger charge is -2.10. The first-order valence-corrected chi connectivity index (χ1v) is 5.62. The Morgan fingerprint density at radius 2 is 2.06 bits per heavy atom. The van der Waals surface area contributed by atoms with E-state index in [1.807, 2.05) is 31.2 Å². The van der Waals surface area contributed by atoms with Crippen LogP contribution in [0.25, 0.3) is 0 Å². The molecule has 1 aromatic carbocycles. The largest absolute Gasteiger partial charge is 0.433 e. The van der Waals surface area contributed by atoms with E-state index in [0.29, 0.717) is 12.2 Å². The number of hydrogen-bond donors (Lipinski definition) is 1. The van der Waals surface area contributed by atoms with Gasteiger partial charge in [0.15, 0.2) is 0 Å². The van der Waals surface area contributed by atoms with Crippen molar-refractivity contribution >= 4 is 5.88 Å². The predicted molar refractivity (Wildman–Crippen MR) is 67.2 cm³/mol. The molecule has 1 unspecified atom stereocenters. The van der Waals surface area contributed by atoms with Gasteiger partial charge in [-0.15, -0.1) is 0 Å². The number of nitro groups is 1. The van der Waals surface area contributed by atoms with Gasteiger partial charge in [-0.2, -0.15) is 0 Å². The highest BCUT2D eigenvalue weighted by atomic mass is 16.6. The summed E-state index contributed by atoms with van der Waals surface area (Å²) in [7, 11) is 0. The number of aryl methyl sites for hydroxylation is 1. The molecule has 1 aromatic heterocycles. The van der Waals surface area contributed by atoms with E-state index in [2.05, 4.69) is 0 Å². The average molecular weight is 246 g/mol. The lowest BCUT2D eigenvalue weighted by atomic mass is 10.0. The summed E-state index contributed by atoms with van der Waals surface area (Å²) in [6.07, 6.45) is 0.595. The van der Waals surface area contributed by atoms with Gasteiger partial charge in [0.1, 0.15) is 10.7 Å².